The average Bonchev–Trinajstić information content (AvgIpc) is 3.36. The van der Waals surface area contributed by atoms with Crippen LogP contribution in [-0.2, 0) is 9.53 Å². The van der Waals surface area contributed by atoms with Gasteiger partial charge in [-0.25, -0.2) is 9.97 Å². The van der Waals surface area contributed by atoms with Gasteiger partial charge in [0.2, 0.25) is 5.91 Å². The van der Waals surface area contributed by atoms with Gasteiger partial charge >= 0.3 is 0 Å². The first-order chi connectivity index (χ1) is 13.7. The molecule has 4 rings (SSSR count). The zero-order valence-corrected chi connectivity index (χ0v) is 16.2. The van der Waals surface area contributed by atoms with Crippen LogP contribution < -0.4 is 4.74 Å². The lowest BCUT2D eigenvalue weighted by Gasteiger charge is -2.19. The molecule has 1 aromatic carbocycles. The smallest absolute Gasteiger partial charge is 0.224 e. The number of aromatic nitrogens is 3. The normalized spacial score (nSPS) is 16.6. The summed E-state index contributed by atoms with van der Waals surface area (Å²) in [6.45, 7) is 1.85. The predicted molar refractivity (Wildman–Crippen MR) is 106 cm³/mol. The van der Waals surface area contributed by atoms with Crippen LogP contribution in [0.2, 0.25) is 0 Å². The van der Waals surface area contributed by atoms with Crippen LogP contribution in [0.3, 0.4) is 0 Å². The van der Waals surface area contributed by atoms with Gasteiger partial charge in [0.1, 0.15) is 17.1 Å². The number of amides is 1. The number of rotatable bonds is 6. The van der Waals surface area contributed by atoms with E-state index in [-0.39, 0.29) is 11.9 Å². The fourth-order valence-electron chi connectivity index (χ4n) is 3.75. The zero-order valence-electron chi connectivity index (χ0n) is 16.2. The van der Waals surface area contributed by atoms with Crippen LogP contribution in [0, 0.1) is 0 Å². The number of hydrogen-bond acceptors (Lipinski definition) is 5. The van der Waals surface area contributed by atoms with Gasteiger partial charge in [-0.15, -0.1) is 0 Å². The summed E-state index contributed by atoms with van der Waals surface area (Å²) in [6, 6.07) is 11.9. The van der Waals surface area contributed by atoms with Gasteiger partial charge in [0.15, 0.2) is 5.65 Å². The molecule has 2 aromatic heterocycles. The van der Waals surface area contributed by atoms with Crippen molar-refractivity contribution in [3.8, 4) is 17.1 Å². The summed E-state index contributed by atoms with van der Waals surface area (Å²) < 4.78 is 12.5. The number of benzene rings is 1. The Labute approximate surface area is 163 Å². The topological polar surface area (TPSA) is 69.5 Å². The van der Waals surface area contributed by atoms with Crippen molar-refractivity contribution in [1.29, 1.82) is 0 Å². The number of pyridine rings is 1. The van der Waals surface area contributed by atoms with Gasteiger partial charge in [0.05, 0.1) is 26.2 Å². The molecule has 7 nitrogen and oxygen atoms in total. The van der Waals surface area contributed by atoms with Crippen molar-refractivity contribution in [3.63, 3.8) is 0 Å². The van der Waals surface area contributed by atoms with Crippen molar-refractivity contribution in [1.82, 2.24) is 19.4 Å². The highest BCUT2D eigenvalue weighted by atomic mass is 16.5. The number of fused-ring (bicyclic) bond motifs is 1. The molecule has 1 saturated heterocycles. The monoisotopic (exact) mass is 380 g/mol. The van der Waals surface area contributed by atoms with E-state index < -0.39 is 0 Å². The molecule has 0 spiro atoms. The van der Waals surface area contributed by atoms with Gasteiger partial charge < -0.3 is 18.9 Å². The van der Waals surface area contributed by atoms with E-state index in [2.05, 4.69) is 9.55 Å². The van der Waals surface area contributed by atoms with E-state index in [1.165, 1.54) is 0 Å². The van der Waals surface area contributed by atoms with Crippen LogP contribution in [0.25, 0.3) is 22.6 Å². The lowest BCUT2D eigenvalue weighted by molar-refractivity contribution is -0.131. The van der Waals surface area contributed by atoms with Crippen LogP contribution in [-0.4, -0.2) is 59.3 Å². The molecule has 28 heavy (non-hydrogen) atoms. The highest BCUT2D eigenvalue weighted by Crippen LogP contribution is 2.32. The Morgan fingerprint density at radius 2 is 2.04 bits per heavy atom. The average molecular weight is 380 g/mol. The van der Waals surface area contributed by atoms with Gasteiger partial charge in [0, 0.05) is 32.0 Å². The van der Waals surface area contributed by atoms with Gasteiger partial charge in [-0.2, -0.15) is 0 Å². The third-order valence-corrected chi connectivity index (χ3v) is 5.20. The summed E-state index contributed by atoms with van der Waals surface area (Å²) in [5.74, 6) is 1.81. The Balaban J connectivity index is 1.69. The molecule has 1 atom stereocenters. The minimum absolute atomic E-state index is 0.132. The minimum Gasteiger partial charge on any atom is -0.497 e. The molecule has 0 bridgehead atoms. The molecular weight excluding hydrogens is 356 g/mol. The maximum Gasteiger partial charge on any atom is 0.224 e. The third-order valence-electron chi connectivity index (χ3n) is 5.20. The standard InChI is InChI=1S/C21H24N4O3/c1-27-13-10-19(26)24-12-9-16(14-24)25-20(15-5-7-17(28-2)8-6-15)23-18-4-3-11-22-21(18)25/h3-8,11,16H,9-10,12-14H2,1-2H3/t16-/m0/s1. The number of carbonyl (C=O) groups excluding carboxylic acids is 1. The van der Waals surface area contributed by atoms with Gasteiger partial charge in [-0.3, -0.25) is 4.79 Å². The van der Waals surface area contributed by atoms with Crippen molar-refractivity contribution < 1.29 is 14.3 Å². The van der Waals surface area contributed by atoms with Crippen LogP contribution >= 0.6 is 0 Å². The molecule has 0 radical (unpaired) electrons. The van der Waals surface area contributed by atoms with E-state index in [1.807, 2.05) is 41.3 Å². The molecule has 1 aliphatic rings. The second kappa shape index (κ2) is 7.98. The van der Waals surface area contributed by atoms with Crippen molar-refractivity contribution >= 4 is 17.1 Å². The SMILES string of the molecule is COCCC(=O)N1CC[C@H](n2c(-c3ccc(OC)cc3)nc3cccnc32)C1. The van der Waals surface area contributed by atoms with Crippen molar-refractivity contribution in [2.75, 3.05) is 33.9 Å². The molecule has 0 aliphatic carbocycles. The number of carbonyl (C=O) groups is 1. The highest BCUT2D eigenvalue weighted by molar-refractivity contribution is 5.78. The molecule has 1 amide bonds. The molecule has 1 aliphatic heterocycles. The molecule has 1 fully saturated rings. The molecule has 0 unspecified atom stereocenters. The Hall–Kier alpha value is -2.93. The molecule has 3 aromatic rings. The number of ether oxygens (including phenoxy) is 2. The maximum atomic E-state index is 12.4. The van der Waals surface area contributed by atoms with Crippen molar-refractivity contribution in [2.24, 2.45) is 0 Å². The Morgan fingerprint density at radius 3 is 2.79 bits per heavy atom. The van der Waals surface area contributed by atoms with Crippen LogP contribution in [0.1, 0.15) is 18.9 Å². The number of nitrogens with zero attached hydrogens (tertiary/aromatic N) is 4. The largest absolute Gasteiger partial charge is 0.497 e. The number of likely N-dealkylation sites (tertiary alicyclic amines) is 1. The van der Waals surface area contributed by atoms with Crippen molar-refractivity contribution in [2.45, 2.75) is 18.9 Å². The molecule has 7 heteroatoms. The summed E-state index contributed by atoms with van der Waals surface area (Å²) in [7, 11) is 3.27. The number of imidazole rings is 1. The first kappa shape index (κ1) is 18.4. The van der Waals surface area contributed by atoms with E-state index in [4.69, 9.17) is 14.5 Å². The minimum atomic E-state index is 0.132. The maximum absolute atomic E-state index is 12.4. The lowest BCUT2D eigenvalue weighted by Crippen LogP contribution is -2.29. The zero-order chi connectivity index (χ0) is 19.5. The second-order valence-corrected chi connectivity index (χ2v) is 6.91. The fraction of sp³-hybridized carbons (Fsp3) is 0.381. The Bertz CT molecular complexity index is 967. The first-order valence-electron chi connectivity index (χ1n) is 9.45. The summed E-state index contributed by atoms with van der Waals surface area (Å²) in [5, 5.41) is 0. The summed E-state index contributed by atoms with van der Waals surface area (Å²) in [5.41, 5.74) is 2.71. The predicted octanol–water partition coefficient (Wildman–Crippen LogP) is 2.92. The van der Waals surface area contributed by atoms with Gasteiger partial charge in [-0.1, -0.05) is 0 Å². The van der Waals surface area contributed by atoms with E-state index in [0.717, 1.165) is 41.3 Å². The molecule has 0 N–H and O–H groups in total. The second-order valence-electron chi connectivity index (χ2n) is 6.91. The molecule has 146 valence electrons. The first-order valence-corrected chi connectivity index (χ1v) is 9.45. The van der Waals surface area contributed by atoms with Gasteiger partial charge in [0.25, 0.3) is 0 Å². The quantitative estimate of drug-likeness (QED) is 0.658. The Morgan fingerprint density at radius 1 is 1.21 bits per heavy atom. The molecule has 3 heterocycles. The number of methoxy groups -OCH3 is 2. The lowest BCUT2D eigenvalue weighted by atomic mass is 10.2. The fourth-order valence-corrected chi connectivity index (χ4v) is 3.75. The summed E-state index contributed by atoms with van der Waals surface area (Å²) in [6.07, 6.45) is 3.08. The summed E-state index contributed by atoms with van der Waals surface area (Å²) in [4.78, 5) is 23.7. The van der Waals surface area contributed by atoms with Crippen molar-refractivity contribution in [3.05, 3.63) is 42.6 Å². The van der Waals surface area contributed by atoms with Gasteiger partial charge in [-0.05, 0) is 42.8 Å². The number of hydrogen-bond donors (Lipinski definition) is 0. The van der Waals surface area contributed by atoms with E-state index >= 15 is 0 Å². The van der Waals surface area contributed by atoms with E-state index in [0.29, 0.717) is 19.6 Å². The third kappa shape index (κ3) is 3.45. The van der Waals surface area contributed by atoms with Crippen LogP contribution in [0.15, 0.2) is 42.6 Å². The van der Waals surface area contributed by atoms with Crippen LogP contribution in [0.5, 0.6) is 5.75 Å². The van der Waals surface area contributed by atoms with Crippen LogP contribution in [0.4, 0.5) is 0 Å². The van der Waals surface area contributed by atoms with E-state index in [9.17, 15) is 4.79 Å². The molecular formula is C21H24N4O3. The van der Waals surface area contributed by atoms with E-state index in [1.54, 1.807) is 20.4 Å². The highest BCUT2D eigenvalue weighted by Gasteiger charge is 2.30. The Kier molecular flexibility index (Phi) is 5.25. The summed E-state index contributed by atoms with van der Waals surface area (Å²) >= 11 is 0. The molecule has 0 saturated carbocycles.